The highest BCUT2D eigenvalue weighted by molar-refractivity contribution is 6.36. The van der Waals surface area contributed by atoms with Crippen LogP contribution in [0.5, 0.6) is 0 Å². The number of nitrogens with zero attached hydrogens (tertiary/aromatic N) is 1. The second-order valence-electron chi connectivity index (χ2n) is 6.03. The van der Waals surface area contributed by atoms with E-state index in [1.165, 1.54) is 5.56 Å². The molecule has 1 saturated heterocycles. The smallest absolute Gasteiger partial charge is 0.227 e. The molecule has 0 aromatic heterocycles. The van der Waals surface area contributed by atoms with Gasteiger partial charge in [0.05, 0.1) is 16.6 Å². The molecule has 0 spiro atoms. The van der Waals surface area contributed by atoms with E-state index in [0.717, 1.165) is 6.42 Å². The van der Waals surface area contributed by atoms with E-state index in [1.54, 1.807) is 23.1 Å². The number of nitrogens with one attached hydrogen (secondary N) is 1. The van der Waals surface area contributed by atoms with Crippen molar-refractivity contribution in [1.29, 1.82) is 0 Å². The summed E-state index contributed by atoms with van der Waals surface area (Å²) in [5.41, 5.74) is 1.76. The minimum atomic E-state index is -0.366. The summed E-state index contributed by atoms with van der Waals surface area (Å²) in [5, 5.41) is 3.84. The predicted octanol–water partition coefficient (Wildman–Crippen LogP) is 3.71. The van der Waals surface area contributed by atoms with E-state index in [9.17, 15) is 9.59 Å². The number of benzene rings is 2. The van der Waals surface area contributed by atoms with Crippen molar-refractivity contribution in [2.45, 2.75) is 12.8 Å². The molecule has 0 aliphatic carbocycles. The standard InChI is InChI=1S/C19H18Cl2N2O2/c20-15-6-7-17(16(21)11-15)23-12-14(10-18(23)24)19(25)22-9-8-13-4-2-1-3-5-13/h1-7,11,14H,8-10,12H2,(H,22,25). The summed E-state index contributed by atoms with van der Waals surface area (Å²) in [6.07, 6.45) is 0.954. The first-order valence-corrected chi connectivity index (χ1v) is 8.87. The Morgan fingerprint density at radius 1 is 1.16 bits per heavy atom. The molecule has 1 N–H and O–H groups in total. The average molecular weight is 377 g/mol. The lowest BCUT2D eigenvalue weighted by Crippen LogP contribution is -2.34. The number of carbonyl (C=O) groups is 2. The lowest BCUT2D eigenvalue weighted by molar-refractivity contribution is -0.126. The van der Waals surface area contributed by atoms with E-state index >= 15 is 0 Å². The molecular formula is C19H18Cl2N2O2. The lowest BCUT2D eigenvalue weighted by atomic mass is 10.1. The maximum atomic E-state index is 12.4. The Morgan fingerprint density at radius 2 is 1.92 bits per heavy atom. The van der Waals surface area contributed by atoms with E-state index in [2.05, 4.69) is 5.32 Å². The molecule has 3 rings (SSSR count). The maximum Gasteiger partial charge on any atom is 0.227 e. The molecule has 1 aliphatic heterocycles. The number of halogens is 2. The van der Waals surface area contributed by atoms with Crippen molar-refractivity contribution in [1.82, 2.24) is 5.32 Å². The second-order valence-corrected chi connectivity index (χ2v) is 6.87. The molecule has 1 heterocycles. The molecule has 0 bridgehead atoms. The zero-order valence-electron chi connectivity index (χ0n) is 13.5. The molecule has 0 saturated carbocycles. The molecule has 2 amide bonds. The minimum Gasteiger partial charge on any atom is -0.355 e. The Balaban J connectivity index is 1.57. The van der Waals surface area contributed by atoms with Crippen molar-refractivity contribution < 1.29 is 9.59 Å². The summed E-state index contributed by atoms with van der Waals surface area (Å²) in [5.74, 6) is -0.570. The summed E-state index contributed by atoms with van der Waals surface area (Å²) < 4.78 is 0. The van der Waals surface area contributed by atoms with Gasteiger partial charge in [-0.15, -0.1) is 0 Å². The number of carbonyl (C=O) groups excluding carboxylic acids is 2. The van der Waals surface area contributed by atoms with Crippen LogP contribution >= 0.6 is 23.2 Å². The minimum absolute atomic E-state index is 0.100. The Hall–Kier alpha value is -2.04. The van der Waals surface area contributed by atoms with Crippen LogP contribution in [0.1, 0.15) is 12.0 Å². The van der Waals surface area contributed by atoms with Gasteiger partial charge in [0.1, 0.15) is 0 Å². The first-order valence-electron chi connectivity index (χ1n) is 8.11. The van der Waals surface area contributed by atoms with Crippen LogP contribution in [-0.2, 0) is 16.0 Å². The van der Waals surface area contributed by atoms with Crippen LogP contribution in [0.2, 0.25) is 10.0 Å². The first-order chi connectivity index (χ1) is 12.0. The van der Waals surface area contributed by atoms with Crippen molar-refractivity contribution in [2.75, 3.05) is 18.0 Å². The number of hydrogen-bond donors (Lipinski definition) is 1. The summed E-state index contributed by atoms with van der Waals surface area (Å²) >= 11 is 12.1. The molecule has 1 unspecified atom stereocenters. The highest BCUT2D eigenvalue weighted by atomic mass is 35.5. The van der Waals surface area contributed by atoms with Gasteiger partial charge in [0.25, 0.3) is 0 Å². The van der Waals surface area contributed by atoms with E-state index in [1.807, 2.05) is 30.3 Å². The summed E-state index contributed by atoms with van der Waals surface area (Å²) in [6.45, 7) is 0.882. The number of amides is 2. The summed E-state index contributed by atoms with van der Waals surface area (Å²) in [4.78, 5) is 26.2. The van der Waals surface area contributed by atoms with Gasteiger partial charge in [-0.1, -0.05) is 53.5 Å². The fraction of sp³-hybridized carbons (Fsp3) is 0.263. The molecular weight excluding hydrogens is 359 g/mol. The fourth-order valence-electron chi connectivity index (χ4n) is 2.94. The van der Waals surface area contributed by atoms with Gasteiger partial charge in [-0.25, -0.2) is 0 Å². The van der Waals surface area contributed by atoms with E-state index in [4.69, 9.17) is 23.2 Å². The number of rotatable bonds is 5. The Kier molecular flexibility index (Phi) is 5.61. The average Bonchev–Trinajstić information content (AvgIpc) is 2.97. The van der Waals surface area contributed by atoms with Crippen LogP contribution < -0.4 is 10.2 Å². The van der Waals surface area contributed by atoms with Crippen LogP contribution in [0.4, 0.5) is 5.69 Å². The molecule has 2 aromatic carbocycles. The molecule has 6 heteroatoms. The van der Waals surface area contributed by atoms with E-state index < -0.39 is 0 Å². The predicted molar refractivity (Wildman–Crippen MR) is 100 cm³/mol. The molecule has 1 aliphatic rings. The number of hydrogen-bond acceptors (Lipinski definition) is 2. The van der Waals surface area contributed by atoms with Gasteiger partial charge in [0.15, 0.2) is 0 Å². The molecule has 0 radical (unpaired) electrons. The van der Waals surface area contributed by atoms with Crippen molar-refractivity contribution >= 4 is 40.7 Å². The van der Waals surface area contributed by atoms with Crippen molar-refractivity contribution in [3.05, 3.63) is 64.1 Å². The zero-order valence-corrected chi connectivity index (χ0v) is 15.1. The monoisotopic (exact) mass is 376 g/mol. The van der Waals surface area contributed by atoms with Crippen LogP contribution in [0.3, 0.4) is 0 Å². The second kappa shape index (κ2) is 7.89. The lowest BCUT2D eigenvalue weighted by Gasteiger charge is -2.18. The number of anilines is 1. The molecule has 2 aromatic rings. The highest BCUT2D eigenvalue weighted by Gasteiger charge is 2.35. The van der Waals surface area contributed by atoms with Gasteiger partial charge < -0.3 is 10.2 Å². The third-order valence-electron chi connectivity index (χ3n) is 4.25. The summed E-state index contributed by atoms with van der Waals surface area (Å²) in [7, 11) is 0. The SMILES string of the molecule is O=C(NCCc1ccccc1)C1CC(=O)N(c2ccc(Cl)cc2Cl)C1. The van der Waals surface area contributed by atoms with Crippen LogP contribution in [0.15, 0.2) is 48.5 Å². The van der Waals surface area contributed by atoms with E-state index in [-0.39, 0.29) is 24.2 Å². The normalized spacial score (nSPS) is 17.0. The third kappa shape index (κ3) is 4.33. The third-order valence-corrected chi connectivity index (χ3v) is 4.79. The Morgan fingerprint density at radius 3 is 2.64 bits per heavy atom. The Labute approximate surface area is 156 Å². The van der Waals surface area contributed by atoms with Gasteiger partial charge in [-0.3, -0.25) is 9.59 Å². The van der Waals surface area contributed by atoms with E-state index in [0.29, 0.717) is 28.8 Å². The van der Waals surface area contributed by atoms with Gasteiger partial charge in [0, 0.05) is 24.5 Å². The van der Waals surface area contributed by atoms with Gasteiger partial charge in [0.2, 0.25) is 11.8 Å². The van der Waals surface area contributed by atoms with Crippen molar-refractivity contribution in [3.63, 3.8) is 0 Å². The van der Waals surface area contributed by atoms with Crippen LogP contribution in [0, 0.1) is 5.92 Å². The van der Waals surface area contributed by atoms with Crippen molar-refractivity contribution in [3.8, 4) is 0 Å². The van der Waals surface area contributed by atoms with Crippen molar-refractivity contribution in [2.24, 2.45) is 5.92 Å². The van der Waals surface area contributed by atoms with Crippen LogP contribution in [0.25, 0.3) is 0 Å². The van der Waals surface area contributed by atoms with Gasteiger partial charge in [-0.05, 0) is 30.2 Å². The topological polar surface area (TPSA) is 49.4 Å². The van der Waals surface area contributed by atoms with Gasteiger partial charge >= 0.3 is 0 Å². The van der Waals surface area contributed by atoms with Gasteiger partial charge in [-0.2, -0.15) is 0 Å². The molecule has 130 valence electrons. The quantitative estimate of drug-likeness (QED) is 0.864. The molecule has 25 heavy (non-hydrogen) atoms. The highest BCUT2D eigenvalue weighted by Crippen LogP contribution is 2.33. The maximum absolute atomic E-state index is 12.4. The zero-order chi connectivity index (χ0) is 17.8. The molecule has 4 nitrogen and oxygen atoms in total. The largest absolute Gasteiger partial charge is 0.355 e. The Bertz CT molecular complexity index is 780. The van der Waals surface area contributed by atoms with Crippen LogP contribution in [-0.4, -0.2) is 24.9 Å². The fourth-order valence-corrected chi connectivity index (χ4v) is 3.45. The molecule has 1 fully saturated rings. The summed E-state index contributed by atoms with van der Waals surface area (Å²) in [6, 6.07) is 14.9. The first kappa shape index (κ1) is 17.8. The molecule has 1 atom stereocenters.